The number of hydrogen-bond donors (Lipinski definition) is 1. The van der Waals surface area contributed by atoms with Gasteiger partial charge < -0.3 is 9.84 Å². The van der Waals surface area contributed by atoms with Crippen LogP contribution in [-0.2, 0) is 14.3 Å². The molecule has 0 aromatic rings. The number of hydrogen-bond acceptors (Lipinski definition) is 4. The van der Waals surface area contributed by atoms with E-state index in [0.29, 0.717) is 5.70 Å². The van der Waals surface area contributed by atoms with Crippen LogP contribution in [0.25, 0.3) is 0 Å². The summed E-state index contributed by atoms with van der Waals surface area (Å²) in [7, 11) is 0. The van der Waals surface area contributed by atoms with E-state index >= 15 is 0 Å². The number of carboxylic acids is 1. The van der Waals surface area contributed by atoms with Gasteiger partial charge in [0.2, 0.25) is 0 Å². The fourth-order valence-electron chi connectivity index (χ4n) is 1.48. The minimum absolute atomic E-state index is 0.00879. The van der Waals surface area contributed by atoms with Gasteiger partial charge in [-0.3, -0.25) is 14.6 Å². The molecule has 0 aromatic heterocycles. The van der Waals surface area contributed by atoms with Crippen LogP contribution >= 0.6 is 0 Å². The Morgan fingerprint density at radius 2 is 1.95 bits per heavy atom. The van der Waals surface area contributed by atoms with Crippen molar-refractivity contribution in [3.05, 3.63) is 24.2 Å². The molecule has 0 aromatic carbocycles. The number of carbonyl (C=O) groups is 2. The SMILES string of the molecule is C=C(F)C=N/C(=C\C)C[C@H](CC(=O)OC(C)(C)C)C(=O)O. The lowest BCUT2D eigenvalue weighted by molar-refractivity contribution is -0.159. The van der Waals surface area contributed by atoms with Gasteiger partial charge in [0.15, 0.2) is 0 Å². The maximum absolute atomic E-state index is 12.5. The summed E-state index contributed by atoms with van der Waals surface area (Å²) in [5, 5.41) is 9.16. The first kappa shape index (κ1) is 19.0. The highest BCUT2D eigenvalue weighted by molar-refractivity contribution is 5.79. The summed E-state index contributed by atoms with van der Waals surface area (Å²) >= 11 is 0. The molecule has 0 bridgehead atoms. The highest BCUT2D eigenvalue weighted by Gasteiger charge is 2.25. The first-order valence-electron chi connectivity index (χ1n) is 6.53. The molecule has 21 heavy (non-hydrogen) atoms. The predicted octanol–water partition coefficient (Wildman–Crippen LogP) is 3.27. The van der Waals surface area contributed by atoms with Gasteiger partial charge in [-0.05, 0) is 27.7 Å². The Morgan fingerprint density at radius 1 is 1.38 bits per heavy atom. The van der Waals surface area contributed by atoms with Crippen molar-refractivity contribution in [2.75, 3.05) is 0 Å². The summed E-state index contributed by atoms with van der Waals surface area (Å²) in [6, 6.07) is 0. The van der Waals surface area contributed by atoms with Crippen LogP contribution in [0.3, 0.4) is 0 Å². The van der Waals surface area contributed by atoms with Crippen molar-refractivity contribution in [2.45, 2.75) is 46.1 Å². The number of rotatable bonds is 7. The molecule has 0 saturated carbocycles. The van der Waals surface area contributed by atoms with Gasteiger partial charge in [0.25, 0.3) is 0 Å². The minimum atomic E-state index is -1.13. The Labute approximate surface area is 124 Å². The zero-order valence-electron chi connectivity index (χ0n) is 12.9. The highest BCUT2D eigenvalue weighted by atomic mass is 19.1. The van der Waals surface area contributed by atoms with Crippen LogP contribution in [0.5, 0.6) is 0 Å². The lowest BCUT2D eigenvalue weighted by atomic mass is 9.99. The molecule has 0 rings (SSSR count). The molecule has 0 fully saturated rings. The third kappa shape index (κ3) is 9.54. The van der Waals surface area contributed by atoms with E-state index in [1.165, 1.54) is 0 Å². The van der Waals surface area contributed by atoms with Crippen molar-refractivity contribution < 1.29 is 23.8 Å². The van der Waals surface area contributed by atoms with E-state index in [9.17, 15) is 14.0 Å². The normalized spacial score (nSPS) is 14.0. The topological polar surface area (TPSA) is 76.0 Å². The van der Waals surface area contributed by atoms with Gasteiger partial charge in [-0.25, -0.2) is 4.39 Å². The second-order valence-corrected chi connectivity index (χ2v) is 5.51. The fraction of sp³-hybridized carbons (Fsp3) is 0.533. The standard InChI is InChI=1S/C15H22FNO4/c1-6-12(17-9-10(2)16)7-11(14(19)20)8-13(18)21-15(3,4)5/h6,9,11H,2,7-8H2,1,3-5H3,(H,19,20)/b12-6-,17-9?/t11-/m1/s1. The molecule has 0 amide bonds. The van der Waals surface area contributed by atoms with Crippen molar-refractivity contribution in [2.24, 2.45) is 10.9 Å². The number of halogens is 1. The largest absolute Gasteiger partial charge is 0.481 e. The maximum atomic E-state index is 12.5. The lowest BCUT2D eigenvalue weighted by Crippen LogP contribution is -2.27. The second kappa shape index (κ2) is 8.34. The van der Waals surface area contributed by atoms with Crippen LogP contribution < -0.4 is 0 Å². The van der Waals surface area contributed by atoms with E-state index in [-0.39, 0.29) is 12.8 Å². The Bertz CT molecular complexity index is 461. The number of carboxylic acid groups (broad SMARTS) is 1. The molecule has 0 unspecified atom stereocenters. The Kier molecular flexibility index (Phi) is 7.55. The smallest absolute Gasteiger partial charge is 0.307 e. The monoisotopic (exact) mass is 299 g/mol. The van der Waals surface area contributed by atoms with Gasteiger partial charge in [0, 0.05) is 12.1 Å². The molecular formula is C15H22FNO4. The minimum Gasteiger partial charge on any atom is -0.481 e. The van der Waals surface area contributed by atoms with Crippen molar-refractivity contribution >= 4 is 18.2 Å². The summed E-state index contributed by atoms with van der Waals surface area (Å²) in [5.41, 5.74) is -0.307. The van der Waals surface area contributed by atoms with E-state index in [1.54, 1.807) is 33.8 Å². The summed E-state index contributed by atoms with van der Waals surface area (Å²) in [4.78, 5) is 26.7. The third-order valence-corrected chi connectivity index (χ3v) is 2.34. The van der Waals surface area contributed by atoms with E-state index in [2.05, 4.69) is 11.6 Å². The summed E-state index contributed by atoms with van der Waals surface area (Å²) in [5.74, 6) is -3.43. The molecule has 0 saturated heterocycles. The van der Waals surface area contributed by atoms with Gasteiger partial charge in [0.1, 0.15) is 11.4 Å². The van der Waals surface area contributed by atoms with Gasteiger partial charge >= 0.3 is 11.9 Å². The fourth-order valence-corrected chi connectivity index (χ4v) is 1.48. The van der Waals surface area contributed by atoms with E-state index < -0.39 is 29.3 Å². The quantitative estimate of drug-likeness (QED) is 0.578. The number of nitrogens with zero attached hydrogens (tertiary/aromatic N) is 1. The molecule has 0 aliphatic rings. The van der Waals surface area contributed by atoms with Gasteiger partial charge in [-0.1, -0.05) is 12.7 Å². The number of aliphatic carboxylic acids is 1. The summed E-state index contributed by atoms with van der Waals surface area (Å²) in [6.45, 7) is 9.79. The zero-order chi connectivity index (χ0) is 16.6. The molecular weight excluding hydrogens is 277 g/mol. The number of carbonyl (C=O) groups excluding carboxylic acids is 1. The van der Waals surface area contributed by atoms with Gasteiger partial charge in [-0.2, -0.15) is 0 Å². The van der Waals surface area contributed by atoms with E-state index in [4.69, 9.17) is 9.84 Å². The number of ether oxygens (including phenoxy) is 1. The van der Waals surface area contributed by atoms with Gasteiger partial charge in [0.05, 0.1) is 18.6 Å². The maximum Gasteiger partial charge on any atom is 0.307 e. The molecule has 0 aliphatic carbocycles. The van der Waals surface area contributed by atoms with Crippen molar-refractivity contribution in [1.82, 2.24) is 0 Å². The summed E-state index contributed by atoms with van der Waals surface area (Å²) < 4.78 is 17.6. The lowest BCUT2D eigenvalue weighted by Gasteiger charge is -2.21. The van der Waals surface area contributed by atoms with Crippen LogP contribution in [0, 0.1) is 5.92 Å². The Morgan fingerprint density at radius 3 is 2.33 bits per heavy atom. The van der Waals surface area contributed by atoms with E-state index in [1.807, 2.05) is 0 Å². The van der Waals surface area contributed by atoms with Crippen molar-refractivity contribution in [1.29, 1.82) is 0 Å². The van der Waals surface area contributed by atoms with Crippen molar-refractivity contribution in [3.8, 4) is 0 Å². The summed E-state index contributed by atoms with van der Waals surface area (Å²) in [6.07, 6.45) is 2.21. The highest BCUT2D eigenvalue weighted by Crippen LogP contribution is 2.19. The first-order chi connectivity index (χ1) is 9.55. The molecule has 0 radical (unpaired) electrons. The van der Waals surface area contributed by atoms with Gasteiger partial charge in [-0.15, -0.1) is 0 Å². The predicted molar refractivity (Wildman–Crippen MR) is 78.7 cm³/mol. The Balaban J connectivity index is 4.81. The van der Waals surface area contributed by atoms with E-state index in [0.717, 1.165) is 6.21 Å². The molecule has 1 atom stereocenters. The first-order valence-corrected chi connectivity index (χ1v) is 6.53. The molecule has 0 spiro atoms. The number of aliphatic imine (C=N–C) groups is 1. The van der Waals surface area contributed by atoms with Crippen LogP contribution in [0.2, 0.25) is 0 Å². The van der Waals surface area contributed by atoms with Crippen LogP contribution in [0.15, 0.2) is 29.2 Å². The Hall–Kier alpha value is -1.98. The molecule has 0 aliphatic heterocycles. The average Bonchev–Trinajstić information content (AvgIpc) is 2.30. The van der Waals surface area contributed by atoms with Crippen LogP contribution in [0.1, 0.15) is 40.5 Å². The molecule has 6 heteroatoms. The van der Waals surface area contributed by atoms with Crippen LogP contribution in [-0.4, -0.2) is 28.9 Å². The van der Waals surface area contributed by atoms with Crippen LogP contribution in [0.4, 0.5) is 4.39 Å². The van der Waals surface area contributed by atoms with Crippen molar-refractivity contribution in [3.63, 3.8) is 0 Å². The zero-order valence-corrected chi connectivity index (χ0v) is 12.9. The molecule has 5 nitrogen and oxygen atoms in total. The average molecular weight is 299 g/mol. The molecule has 118 valence electrons. The number of allylic oxidation sites excluding steroid dienone is 3. The third-order valence-electron chi connectivity index (χ3n) is 2.34. The molecule has 0 heterocycles. The molecule has 1 N–H and O–H groups in total. The second-order valence-electron chi connectivity index (χ2n) is 5.51. The number of esters is 1.